The molecule has 0 amide bonds. The summed E-state index contributed by atoms with van der Waals surface area (Å²) in [4.78, 5) is 2.49. The summed E-state index contributed by atoms with van der Waals surface area (Å²) in [6.45, 7) is 4.82. The summed E-state index contributed by atoms with van der Waals surface area (Å²) >= 11 is 0. The van der Waals surface area contributed by atoms with Crippen molar-refractivity contribution >= 4 is 93.3 Å². The molecule has 17 aromatic rings. The van der Waals surface area contributed by atoms with Crippen molar-refractivity contribution in [2.75, 3.05) is 4.90 Å². The van der Waals surface area contributed by atoms with E-state index < -0.39 is 0 Å². The fraction of sp³-hybridized carbons (Fsp3) is 0.0353. The van der Waals surface area contributed by atoms with Gasteiger partial charge in [0.25, 0.3) is 0 Å². The number of hydrogen-bond donors (Lipinski definition) is 0. The number of para-hydroxylation sites is 6. The van der Waals surface area contributed by atoms with E-state index >= 15 is 0 Å². The van der Waals surface area contributed by atoms with Crippen molar-refractivity contribution in [3.8, 4) is 61.6 Å². The van der Waals surface area contributed by atoms with Crippen molar-refractivity contribution in [3.63, 3.8) is 0 Å². The van der Waals surface area contributed by atoms with E-state index in [1.165, 1.54) is 132 Å². The minimum Gasteiger partial charge on any atom is -0.310 e. The lowest BCUT2D eigenvalue weighted by Gasteiger charge is -2.29. The predicted molar refractivity (Wildman–Crippen MR) is 376 cm³/mol. The molecule has 0 atom stereocenters. The molecule has 3 aromatic heterocycles. The normalized spacial score (nSPS) is 12.7. The Morgan fingerprint density at radius 3 is 1.21 bits per heavy atom. The van der Waals surface area contributed by atoms with Crippen LogP contribution in [0.4, 0.5) is 17.1 Å². The molecule has 0 unspecified atom stereocenters. The quantitative estimate of drug-likeness (QED) is 0.141. The number of aromatic nitrogens is 3. The van der Waals surface area contributed by atoms with Gasteiger partial charge in [0.1, 0.15) is 0 Å². The van der Waals surface area contributed by atoms with Gasteiger partial charge in [-0.25, -0.2) is 0 Å². The van der Waals surface area contributed by atoms with Gasteiger partial charge in [-0.15, -0.1) is 0 Å². The molecule has 0 saturated carbocycles. The van der Waals surface area contributed by atoms with Gasteiger partial charge in [0.15, 0.2) is 0 Å². The molecule has 4 heteroatoms. The summed E-state index contributed by atoms with van der Waals surface area (Å²) < 4.78 is 7.19. The number of hydrogen-bond acceptors (Lipinski definition) is 1. The third-order valence-electron chi connectivity index (χ3n) is 19.2. The minimum atomic E-state index is -0.297. The smallest absolute Gasteiger partial charge is 0.0547 e. The van der Waals surface area contributed by atoms with Crippen LogP contribution in [0.1, 0.15) is 25.0 Å². The van der Waals surface area contributed by atoms with Crippen LogP contribution in [0.3, 0.4) is 0 Å². The molecule has 0 N–H and O–H groups in total. The highest BCUT2D eigenvalue weighted by Crippen LogP contribution is 2.53. The molecule has 418 valence electrons. The summed E-state index contributed by atoms with van der Waals surface area (Å²) in [7, 11) is 0. The SMILES string of the molecule is CC1(C)c2cc(-c3ccc4c(c3)c3ccccc3n4-c3ccccc3)ccc2-c2ccc(N(c3ccc(-c4ccc5c6ccccc6n(-c6ccccc6)c5c4)cc3)c3ccc(-c4ccc5c(c4)c4ccccc4n5-c4ccccc4)c4ccccc34)cc21. The summed E-state index contributed by atoms with van der Waals surface area (Å²) in [5.74, 6) is 0. The Hall–Kier alpha value is -11.5. The summed E-state index contributed by atoms with van der Waals surface area (Å²) in [5, 5.41) is 9.86. The summed E-state index contributed by atoms with van der Waals surface area (Å²) in [5.41, 5.74) is 26.1. The molecule has 3 heterocycles. The lowest BCUT2D eigenvalue weighted by molar-refractivity contribution is 0.660. The van der Waals surface area contributed by atoms with Gasteiger partial charge in [-0.3, -0.25) is 0 Å². The maximum atomic E-state index is 2.49. The average molecular weight is 1140 g/mol. The van der Waals surface area contributed by atoms with Crippen molar-refractivity contribution in [1.82, 2.24) is 13.7 Å². The van der Waals surface area contributed by atoms with Gasteiger partial charge in [0.2, 0.25) is 0 Å². The summed E-state index contributed by atoms with van der Waals surface area (Å²) in [6, 6.07) is 117. The minimum absolute atomic E-state index is 0.297. The van der Waals surface area contributed by atoms with E-state index in [2.05, 4.69) is 348 Å². The molecule has 0 radical (unpaired) electrons. The first-order valence-corrected chi connectivity index (χ1v) is 30.9. The van der Waals surface area contributed by atoms with Gasteiger partial charge >= 0.3 is 0 Å². The Kier molecular flexibility index (Phi) is 11.3. The van der Waals surface area contributed by atoms with E-state index in [0.717, 1.165) is 34.0 Å². The first kappa shape index (κ1) is 50.8. The molecule has 0 bridgehead atoms. The Balaban J connectivity index is 0.769. The molecule has 0 fully saturated rings. The fourth-order valence-corrected chi connectivity index (χ4v) is 15.0. The monoisotopic (exact) mass is 1130 g/mol. The molecule has 1 aliphatic carbocycles. The Bertz CT molecular complexity index is 5690. The number of rotatable bonds is 9. The van der Waals surface area contributed by atoms with Crippen molar-refractivity contribution in [1.29, 1.82) is 0 Å². The van der Waals surface area contributed by atoms with Gasteiger partial charge in [-0.2, -0.15) is 0 Å². The van der Waals surface area contributed by atoms with Crippen LogP contribution in [0, 0.1) is 0 Å². The predicted octanol–water partition coefficient (Wildman–Crippen LogP) is 22.9. The van der Waals surface area contributed by atoms with E-state index in [4.69, 9.17) is 0 Å². The van der Waals surface area contributed by atoms with Gasteiger partial charge in [0.05, 0.1) is 38.8 Å². The van der Waals surface area contributed by atoms with Crippen LogP contribution in [0.15, 0.2) is 315 Å². The zero-order valence-corrected chi connectivity index (χ0v) is 49.3. The average Bonchev–Trinajstić information content (AvgIpc) is 2.27. The van der Waals surface area contributed by atoms with Crippen LogP contribution < -0.4 is 4.90 Å². The number of benzene rings is 14. The van der Waals surface area contributed by atoms with Crippen LogP contribution in [-0.4, -0.2) is 13.7 Å². The van der Waals surface area contributed by atoms with Gasteiger partial charge in [-0.1, -0.05) is 208 Å². The molecular formula is C85H58N4. The highest BCUT2D eigenvalue weighted by Gasteiger charge is 2.37. The van der Waals surface area contributed by atoms with Crippen LogP contribution in [-0.2, 0) is 5.41 Å². The first-order chi connectivity index (χ1) is 43.9. The van der Waals surface area contributed by atoms with Gasteiger partial charge < -0.3 is 18.6 Å². The second-order valence-electron chi connectivity index (χ2n) is 24.4. The third kappa shape index (κ3) is 7.86. The van der Waals surface area contributed by atoms with E-state index in [9.17, 15) is 0 Å². The lowest BCUT2D eigenvalue weighted by Crippen LogP contribution is -2.17. The highest BCUT2D eigenvalue weighted by atomic mass is 15.1. The molecule has 14 aromatic carbocycles. The number of nitrogens with zero attached hydrogens (tertiary/aromatic N) is 4. The number of anilines is 3. The molecule has 1 aliphatic rings. The van der Waals surface area contributed by atoms with E-state index in [1.807, 2.05) is 0 Å². The van der Waals surface area contributed by atoms with Gasteiger partial charge in [0, 0.05) is 71.6 Å². The van der Waals surface area contributed by atoms with Crippen molar-refractivity contribution < 1.29 is 0 Å². The van der Waals surface area contributed by atoms with Crippen LogP contribution in [0.25, 0.3) is 138 Å². The fourth-order valence-electron chi connectivity index (χ4n) is 15.0. The molecular weight excluding hydrogens is 1080 g/mol. The lowest BCUT2D eigenvalue weighted by atomic mass is 9.81. The van der Waals surface area contributed by atoms with Crippen LogP contribution in [0.2, 0.25) is 0 Å². The zero-order valence-electron chi connectivity index (χ0n) is 49.3. The van der Waals surface area contributed by atoms with Crippen molar-refractivity contribution in [3.05, 3.63) is 327 Å². The third-order valence-corrected chi connectivity index (χ3v) is 19.2. The molecule has 89 heavy (non-hydrogen) atoms. The van der Waals surface area contributed by atoms with Crippen LogP contribution >= 0.6 is 0 Å². The summed E-state index contributed by atoms with van der Waals surface area (Å²) in [6.07, 6.45) is 0. The van der Waals surface area contributed by atoms with E-state index in [0.29, 0.717) is 0 Å². The molecule has 4 nitrogen and oxygen atoms in total. The molecule has 0 spiro atoms. The van der Waals surface area contributed by atoms with E-state index in [1.54, 1.807) is 0 Å². The second kappa shape index (κ2) is 19.8. The largest absolute Gasteiger partial charge is 0.310 e. The highest BCUT2D eigenvalue weighted by molar-refractivity contribution is 6.14. The van der Waals surface area contributed by atoms with Crippen molar-refractivity contribution in [2.45, 2.75) is 19.3 Å². The molecule has 0 aliphatic heterocycles. The second-order valence-corrected chi connectivity index (χ2v) is 24.4. The zero-order chi connectivity index (χ0) is 58.9. The maximum absolute atomic E-state index is 2.49. The van der Waals surface area contributed by atoms with Gasteiger partial charge in [-0.05, 0) is 182 Å². The first-order valence-electron chi connectivity index (χ1n) is 30.9. The Morgan fingerprint density at radius 2 is 0.618 bits per heavy atom. The molecule has 18 rings (SSSR count). The Labute approximate surface area is 516 Å². The standard InChI is InChI=1S/C85H58N4/c1-85(2)76-52-57(56-38-47-82-74(50-56)71-29-15-18-32-79(71)87(82)60-20-6-3-7-21-60)36-43-67(76)68-45-42-64(54-77(68)85)86(63-40-34-55(35-41-63)58-37-44-73-70-28-14-17-31-78(70)89(84(73)53-58)62-24-10-5-11-25-62)81-49-46-65(66-26-12-13-27-69(66)81)59-39-48-83-75(51-59)72-30-16-19-33-80(72)88(83)61-22-8-4-9-23-61/h3-54H,1-2H3. The number of fused-ring (bicyclic) bond motifs is 13. The van der Waals surface area contributed by atoms with Crippen LogP contribution in [0.5, 0.6) is 0 Å². The van der Waals surface area contributed by atoms with E-state index in [-0.39, 0.29) is 5.41 Å². The Morgan fingerprint density at radius 1 is 0.236 bits per heavy atom. The van der Waals surface area contributed by atoms with Crippen molar-refractivity contribution in [2.24, 2.45) is 0 Å². The maximum Gasteiger partial charge on any atom is 0.0547 e. The topological polar surface area (TPSA) is 18.0 Å². The molecule has 0 saturated heterocycles.